The molecule has 0 saturated carbocycles. The van der Waals surface area contributed by atoms with Gasteiger partial charge in [-0.2, -0.15) is 0 Å². The zero-order valence-corrected chi connectivity index (χ0v) is 9.03. The number of halogens is 3. The number of aliphatic hydroxyl groups excluding tert-OH is 1. The van der Waals surface area contributed by atoms with Gasteiger partial charge >= 0.3 is 0 Å². The molecule has 0 radical (unpaired) electrons. The third-order valence-corrected chi connectivity index (χ3v) is 2.74. The minimum atomic E-state index is -1.09. The molecule has 0 fully saturated rings. The SMILES string of the molecule is C[C@](N)(CO)c1cc(F)cc(Cl)c1Cl. The van der Waals surface area contributed by atoms with Crippen LogP contribution in [-0.4, -0.2) is 11.7 Å². The van der Waals surface area contributed by atoms with Gasteiger partial charge in [0.1, 0.15) is 5.82 Å². The lowest BCUT2D eigenvalue weighted by Crippen LogP contribution is -2.37. The van der Waals surface area contributed by atoms with Gasteiger partial charge in [0.25, 0.3) is 0 Å². The molecule has 3 N–H and O–H groups in total. The fraction of sp³-hybridized carbons (Fsp3) is 0.333. The molecule has 0 aliphatic carbocycles. The van der Waals surface area contributed by atoms with Gasteiger partial charge in [0.2, 0.25) is 0 Å². The highest BCUT2D eigenvalue weighted by molar-refractivity contribution is 6.42. The molecule has 0 aliphatic heterocycles. The number of nitrogens with two attached hydrogens (primary N) is 1. The third kappa shape index (κ3) is 2.17. The summed E-state index contributed by atoms with van der Waals surface area (Å²) in [6, 6.07) is 2.27. The van der Waals surface area contributed by atoms with Crippen LogP contribution in [0.1, 0.15) is 12.5 Å². The lowest BCUT2D eigenvalue weighted by molar-refractivity contribution is 0.210. The van der Waals surface area contributed by atoms with Crippen molar-refractivity contribution in [1.29, 1.82) is 0 Å². The summed E-state index contributed by atoms with van der Waals surface area (Å²) in [5, 5.41) is 9.27. The molecule has 0 aliphatic rings. The van der Waals surface area contributed by atoms with Crippen LogP contribution in [0, 0.1) is 5.82 Å². The summed E-state index contributed by atoms with van der Waals surface area (Å²) in [7, 11) is 0. The Morgan fingerprint density at radius 2 is 2.07 bits per heavy atom. The average Bonchev–Trinajstić information content (AvgIpc) is 2.11. The van der Waals surface area contributed by atoms with E-state index in [2.05, 4.69) is 0 Å². The predicted molar refractivity (Wildman–Crippen MR) is 55.0 cm³/mol. The predicted octanol–water partition coefficient (Wildman–Crippen LogP) is 2.30. The van der Waals surface area contributed by atoms with E-state index in [1.54, 1.807) is 6.92 Å². The maximum Gasteiger partial charge on any atom is 0.125 e. The quantitative estimate of drug-likeness (QED) is 0.776. The van der Waals surface area contributed by atoms with Crippen LogP contribution in [0.2, 0.25) is 10.0 Å². The smallest absolute Gasteiger partial charge is 0.125 e. The van der Waals surface area contributed by atoms with E-state index < -0.39 is 11.4 Å². The Kier molecular flexibility index (Phi) is 3.37. The van der Waals surface area contributed by atoms with Crippen molar-refractivity contribution >= 4 is 23.2 Å². The molecule has 1 atom stereocenters. The first-order chi connectivity index (χ1) is 6.38. The van der Waals surface area contributed by atoms with Crippen LogP contribution >= 0.6 is 23.2 Å². The molecule has 0 aromatic heterocycles. The van der Waals surface area contributed by atoms with E-state index in [-0.39, 0.29) is 16.7 Å². The van der Waals surface area contributed by atoms with Gasteiger partial charge in [0.05, 0.1) is 22.2 Å². The summed E-state index contributed by atoms with van der Waals surface area (Å²) >= 11 is 11.5. The highest BCUT2D eigenvalue weighted by atomic mass is 35.5. The van der Waals surface area contributed by atoms with Crippen molar-refractivity contribution in [1.82, 2.24) is 0 Å². The second-order valence-electron chi connectivity index (χ2n) is 3.32. The van der Waals surface area contributed by atoms with Crippen LogP contribution in [0.3, 0.4) is 0 Å². The van der Waals surface area contributed by atoms with Gasteiger partial charge in [-0.15, -0.1) is 0 Å². The highest BCUT2D eigenvalue weighted by Crippen LogP contribution is 2.32. The summed E-state index contributed by atoms with van der Waals surface area (Å²) in [6.07, 6.45) is 0. The number of aliphatic hydroxyl groups is 1. The largest absolute Gasteiger partial charge is 0.394 e. The summed E-state index contributed by atoms with van der Waals surface area (Å²) in [4.78, 5) is 0. The van der Waals surface area contributed by atoms with E-state index >= 15 is 0 Å². The molecule has 78 valence electrons. The van der Waals surface area contributed by atoms with Crippen molar-refractivity contribution in [2.24, 2.45) is 5.73 Å². The van der Waals surface area contributed by atoms with Crippen molar-refractivity contribution in [2.45, 2.75) is 12.5 Å². The normalized spacial score (nSPS) is 15.3. The Balaban J connectivity index is 3.34. The Morgan fingerprint density at radius 3 is 2.57 bits per heavy atom. The first-order valence-corrected chi connectivity index (χ1v) is 4.69. The number of hydrogen-bond donors (Lipinski definition) is 2. The van der Waals surface area contributed by atoms with Gasteiger partial charge in [-0.1, -0.05) is 23.2 Å². The van der Waals surface area contributed by atoms with E-state index in [1.165, 1.54) is 6.07 Å². The molecular formula is C9H10Cl2FNO. The van der Waals surface area contributed by atoms with Crippen LogP contribution in [-0.2, 0) is 5.54 Å². The number of benzene rings is 1. The van der Waals surface area contributed by atoms with Crippen molar-refractivity contribution < 1.29 is 9.50 Å². The van der Waals surface area contributed by atoms with E-state index in [4.69, 9.17) is 34.0 Å². The van der Waals surface area contributed by atoms with E-state index in [9.17, 15) is 4.39 Å². The molecule has 0 unspecified atom stereocenters. The molecule has 5 heteroatoms. The van der Waals surface area contributed by atoms with Crippen molar-refractivity contribution in [3.05, 3.63) is 33.6 Å². The first kappa shape index (κ1) is 11.7. The number of rotatable bonds is 2. The van der Waals surface area contributed by atoms with Crippen molar-refractivity contribution in [3.63, 3.8) is 0 Å². The first-order valence-electron chi connectivity index (χ1n) is 3.93. The highest BCUT2D eigenvalue weighted by Gasteiger charge is 2.25. The Bertz CT molecular complexity index is 355. The summed E-state index contributed by atoms with van der Waals surface area (Å²) in [5.74, 6) is -0.528. The summed E-state index contributed by atoms with van der Waals surface area (Å²) < 4.78 is 13.0. The van der Waals surface area contributed by atoms with E-state index in [1.807, 2.05) is 0 Å². The molecule has 14 heavy (non-hydrogen) atoms. The summed E-state index contributed by atoms with van der Waals surface area (Å²) in [6.45, 7) is 1.20. The third-order valence-electron chi connectivity index (χ3n) is 1.94. The van der Waals surface area contributed by atoms with Gasteiger partial charge in [-0.05, 0) is 24.6 Å². The van der Waals surface area contributed by atoms with Crippen LogP contribution in [0.5, 0.6) is 0 Å². The molecular weight excluding hydrogens is 228 g/mol. The van der Waals surface area contributed by atoms with Gasteiger partial charge in [0, 0.05) is 0 Å². The maximum absolute atomic E-state index is 13.0. The summed E-state index contributed by atoms with van der Waals surface area (Å²) in [5.41, 5.74) is 4.92. The van der Waals surface area contributed by atoms with E-state index in [0.29, 0.717) is 5.56 Å². The van der Waals surface area contributed by atoms with Gasteiger partial charge in [0.15, 0.2) is 0 Å². The van der Waals surface area contributed by atoms with Crippen LogP contribution in [0.25, 0.3) is 0 Å². The van der Waals surface area contributed by atoms with Crippen LogP contribution in [0.4, 0.5) is 4.39 Å². The van der Waals surface area contributed by atoms with Crippen molar-refractivity contribution in [3.8, 4) is 0 Å². The van der Waals surface area contributed by atoms with Gasteiger partial charge in [-0.25, -0.2) is 4.39 Å². The Morgan fingerprint density at radius 1 is 1.50 bits per heavy atom. The molecule has 2 nitrogen and oxygen atoms in total. The topological polar surface area (TPSA) is 46.2 Å². The molecule has 0 bridgehead atoms. The zero-order chi connectivity index (χ0) is 10.9. The van der Waals surface area contributed by atoms with Crippen molar-refractivity contribution in [2.75, 3.05) is 6.61 Å². The molecule has 0 amide bonds. The van der Waals surface area contributed by atoms with Crippen LogP contribution in [0.15, 0.2) is 12.1 Å². The molecule has 1 aromatic rings. The Hall–Kier alpha value is -0.350. The Labute approximate surface area is 91.4 Å². The average molecular weight is 238 g/mol. The standard InChI is InChI=1S/C9H10Cl2FNO/c1-9(13,4-14)6-2-5(12)3-7(10)8(6)11/h2-3,14H,4,13H2,1H3/t9-/m0/s1. The minimum absolute atomic E-state index is 0.0896. The lowest BCUT2D eigenvalue weighted by atomic mass is 9.94. The van der Waals surface area contributed by atoms with Gasteiger partial charge in [-0.3, -0.25) is 0 Å². The fourth-order valence-corrected chi connectivity index (χ4v) is 1.59. The second kappa shape index (κ2) is 4.03. The molecule has 0 spiro atoms. The monoisotopic (exact) mass is 237 g/mol. The molecule has 0 saturated heterocycles. The van der Waals surface area contributed by atoms with Crippen LogP contribution < -0.4 is 5.73 Å². The second-order valence-corrected chi connectivity index (χ2v) is 4.11. The number of hydrogen-bond acceptors (Lipinski definition) is 2. The zero-order valence-electron chi connectivity index (χ0n) is 7.52. The lowest BCUT2D eigenvalue weighted by Gasteiger charge is -2.23. The van der Waals surface area contributed by atoms with E-state index in [0.717, 1.165) is 6.07 Å². The molecule has 1 rings (SSSR count). The maximum atomic E-state index is 13.0. The molecule has 1 aromatic carbocycles. The van der Waals surface area contributed by atoms with Gasteiger partial charge < -0.3 is 10.8 Å². The minimum Gasteiger partial charge on any atom is -0.394 e. The fourth-order valence-electron chi connectivity index (χ4n) is 1.06. The molecule has 0 heterocycles.